The molecule has 1 aromatic carbocycles. The quantitative estimate of drug-likeness (QED) is 0.723. The van der Waals surface area contributed by atoms with Crippen molar-refractivity contribution in [1.29, 1.82) is 0 Å². The van der Waals surface area contributed by atoms with Crippen molar-refractivity contribution in [2.24, 2.45) is 0 Å². The summed E-state index contributed by atoms with van der Waals surface area (Å²) < 4.78 is 6.03. The number of amides is 1. The Bertz CT molecular complexity index is 877. The number of morpholine rings is 1. The molecule has 2 aromatic rings. The number of anilines is 1. The topological polar surface area (TPSA) is 45.7 Å². The number of rotatable bonds is 3. The lowest BCUT2D eigenvalue weighted by Gasteiger charge is -2.38. The summed E-state index contributed by atoms with van der Waals surface area (Å²) in [6.07, 6.45) is -0.0655. The highest BCUT2D eigenvalue weighted by molar-refractivity contribution is 7.99. The van der Waals surface area contributed by atoms with Gasteiger partial charge in [0.2, 0.25) is 5.91 Å². The van der Waals surface area contributed by atoms with E-state index in [9.17, 15) is 4.79 Å². The average Bonchev–Trinajstić information content (AvgIpc) is 3.23. The highest BCUT2D eigenvalue weighted by Crippen LogP contribution is 2.35. The Morgan fingerprint density at radius 1 is 1.28 bits per heavy atom. The third-order valence-corrected chi connectivity index (χ3v) is 7.54. The number of ether oxygens (including phenoxy) is 1. The Morgan fingerprint density at radius 3 is 2.83 bits per heavy atom. The SMILES string of the molecule is CC(C(=O)N1CCSc2ccccc21)N1CCOC(c2nc(C(C)(C)C)cs2)C1. The van der Waals surface area contributed by atoms with Crippen LogP contribution in [0.4, 0.5) is 5.69 Å². The van der Waals surface area contributed by atoms with Gasteiger partial charge in [-0.15, -0.1) is 23.1 Å². The molecule has 0 saturated carbocycles. The zero-order valence-corrected chi connectivity index (χ0v) is 19.2. The second-order valence-corrected chi connectivity index (χ2v) is 10.7. The van der Waals surface area contributed by atoms with Crippen LogP contribution in [0.2, 0.25) is 0 Å². The van der Waals surface area contributed by atoms with Crippen molar-refractivity contribution < 1.29 is 9.53 Å². The first kappa shape index (κ1) is 20.8. The maximum absolute atomic E-state index is 13.4. The predicted octanol–water partition coefficient (Wildman–Crippen LogP) is 4.34. The minimum Gasteiger partial charge on any atom is -0.368 e. The molecule has 1 aromatic heterocycles. The van der Waals surface area contributed by atoms with Crippen LogP contribution in [0.3, 0.4) is 0 Å². The molecule has 0 N–H and O–H groups in total. The van der Waals surface area contributed by atoms with Crippen molar-refractivity contribution in [3.8, 4) is 0 Å². The number of thioether (sulfide) groups is 1. The Kier molecular flexibility index (Phi) is 6.02. The van der Waals surface area contributed by atoms with E-state index in [0.29, 0.717) is 13.2 Å². The number of carbonyl (C=O) groups excluding carboxylic acids is 1. The minimum absolute atomic E-state index is 0.0338. The van der Waals surface area contributed by atoms with Gasteiger partial charge in [-0.05, 0) is 19.1 Å². The van der Waals surface area contributed by atoms with Gasteiger partial charge in [0.15, 0.2) is 0 Å². The molecule has 156 valence electrons. The summed E-state index contributed by atoms with van der Waals surface area (Å²) in [5.41, 5.74) is 2.18. The molecule has 0 aliphatic carbocycles. The summed E-state index contributed by atoms with van der Waals surface area (Å²) in [4.78, 5) is 23.6. The maximum Gasteiger partial charge on any atom is 0.244 e. The molecule has 1 saturated heterocycles. The van der Waals surface area contributed by atoms with Crippen LogP contribution in [0.1, 0.15) is 44.5 Å². The van der Waals surface area contributed by atoms with E-state index in [2.05, 4.69) is 43.2 Å². The van der Waals surface area contributed by atoms with Gasteiger partial charge in [-0.1, -0.05) is 32.9 Å². The van der Waals surface area contributed by atoms with Gasteiger partial charge in [-0.25, -0.2) is 4.98 Å². The van der Waals surface area contributed by atoms with Crippen LogP contribution in [-0.2, 0) is 14.9 Å². The van der Waals surface area contributed by atoms with Gasteiger partial charge >= 0.3 is 0 Å². The molecule has 0 bridgehead atoms. The molecule has 1 amide bonds. The third kappa shape index (κ3) is 4.38. The zero-order chi connectivity index (χ0) is 20.6. The van der Waals surface area contributed by atoms with Crippen molar-refractivity contribution in [3.63, 3.8) is 0 Å². The zero-order valence-electron chi connectivity index (χ0n) is 17.6. The van der Waals surface area contributed by atoms with Crippen molar-refractivity contribution in [1.82, 2.24) is 9.88 Å². The highest BCUT2D eigenvalue weighted by atomic mass is 32.2. The van der Waals surface area contributed by atoms with E-state index in [1.165, 1.54) is 4.90 Å². The largest absolute Gasteiger partial charge is 0.368 e. The number of hydrogen-bond acceptors (Lipinski definition) is 6. The lowest BCUT2D eigenvalue weighted by molar-refractivity contribution is -0.126. The molecule has 1 fully saturated rings. The van der Waals surface area contributed by atoms with Crippen molar-refractivity contribution in [2.45, 2.75) is 50.2 Å². The second kappa shape index (κ2) is 8.38. The van der Waals surface area contributed by atoms with E-state index in [0.717, 1.165) is 35.2 Å². The molecule has 2 unspecified atom stereocenters. The number of carbonyl (C=O) groups is 1. The van der Waals surface area contributed by atoms with Gasteiger partial charge in [-0.2, -0.15) is 0 Å². The predicted molar refractivity (Wildman–Crippen MR) is 120 cm³/mol. The van der Waals surface area contributed by atoms with E-state index >= 15 is 0 Å². The van der Waals surface area contributed by atoms with Crippen LogP contribution in [0.25, 0.3) is 0 Å². The highest BCUT2D eigenvalue weighted by Gasteiger charge is 2.34. The number of nitrogens with zero attached hydrogens (tertiary/aromatic N) is 3. The lowest BCUT2D eigenvalue weighted by atomic mass is 9.93. The van der Waals surface area contributed by atoms with Gasteiger partial charge in [0, 0.05) is 41.1 Å². The number of hydrogen-bond donors (Lipinski definition) is 0. The first-order valence-electron chi connectivity index (χ1n) is 10.2. The van der Waals surface area contributed by atoms with Crippen LogP contribution >= 0.6 is 23.1 Å². The van der Waals surface area contributed by atoms with E-state index in [1.807, 2.05) is 35.7 Å². The molecule has 29 heavy (non-hydrogen) atoms. The summed E-state index contributed by atoms with van der Waals surface area (Å²) in [5.74, 6) is 1.11. The lowest BCUT2D eigenvalue weighted by Crippen LogP contribution is -2.52. The Labute approximate surface area is 181 Å². The van der Waals surface area contributed by atoms with Crippen LogP contribution in [0.5, 0.6) is 0 Å². The smallest absolute Gasteiger partial charge is 0.244 e. The number of fused-ring (bicyclic) bond motifs is 1. The number of thiazole rings is 1. The molecule has 0 spiro atoms. The van der Waals surface area contributed by atoms with Crippen LogP contribution in [-0.4, -0.2) is 53.8 Å². The summed E-state index contributed by atoms with van der Waals surface area (Å²) >= 11 is 3.49. The molecule has 0 radical (unpaired) electrons. The normalized spacial score (nSPS) is 21.7. The molecule has 7 heteroatoms. The van der Waals surface area contributed by atoms with Crippen LogP contribution < -0.4 is 4.90 Å². The number of para-hydroxylation sites is 1. The molecular formula is C22H29N3O2S2. The number of benzene rings is 1. The summed E-state index contributed by atoms with van der Waals surface area (Å²) in [6, 6.07) is 8.02. The first-order chi connectivity index (χ1) is 13.8. The van der Waals surface area contributed by atoms with Gasteiger partial charge in [0.1, 0.15) is 11.1 Å². The Hall–Kier alpha value is -1.41. The van der Waals surface area contributed by atoms with Crippen molar-refractivity contribution in [3.05, 3.63) is 40.3 Å². The van der Waals surface area contributed by atoms with Crippen molar-refractivity contribution >= 4 is 34.7 Å². The van der Waals surface area contributed by atoms with Crippen LogP contribution in [0.15, 0.2) is 34.5 Å². The molecule has 2 aliphatic heterocycles. The number of aromatic nitrogens is 1. The first-order valence-corrected chi connectivity index (χ1v) is 12.1. The van der Waals surface area contributed by atoms with E-state index in [1.54, 1.807) is 11.3 Å². The van der Waals surface area contributed by atoms with Gasteiger partial charge in [-0.3, -0.25) is 9.69 Å². The van der Waals surface area contributed by atoms with E-state index in [4.69, 9.17) is 9.72 Å². The third-order valence-electron chi connectivity index (χ3n) is 5.56. The van der Waals surface area contributed by atoms with Gasteiger partial charge in [0.25, 0.3) is 0 Å². The molecule has 2 aliphatic rings. The van der Waals surface area contributed by atoms with E-state index in [-0.39, 0.29) is 23.5 Å². The molecular weight excluding hydrogens is 402 g/mol. The maximum atomic E-state index is 13.4. The Morgan fingerprint density at radius 2 is 2.07 bits per heavy atom. The summed E-state index contributed by atoms with van der Waals surface area (Å²) in [5, 5.41) is 3.15. The molecule has 5 nitrogen and oxygen atoms in total. The summed E-state index contributed by atoms with van der Waals surface area (Å²) in [6.45, 7) is 11.4. The molecule has 2 atom stereocenters. The standard InChI is InChI=1S/C22H29N3O2S2/c1-15(21(26)25-10-12-28-18-8-6-5-7-16(18)25)24-9-11-27-17(13-24)20-23-19(14-29-20)22(2,3)4/h5-8,14-15,17H,9-13H2,1-4H3. The fraction of sp³-hybridized carbons (Fsp3) is 0.545. The minimum atomic E-state index is -0.181. The summed E-state index contributed by atoms with van der Waals surface area (Å²) in [7, 11) is 0. The van der Waals surface area contributed by atoms with Gasteiger partial charge in [0.05, 0.1) is 24.0 Å². The Balaban J connectivity index is 1.47. The average molecular weight is 432 g/mol. The fourth-order valence-corrected chi connectivity index (χ4v) is 5.81. The van der Waals surface area contributed by atoms with Crippen LogP contribution in [0, 0.1) is 0 Å². The molecule has 3 heterocycles. The van der Waals surface area contributed by atoms with Gasteiger partial charge < -0.3 is 9.64 Å². The monoisotopic (exact) mass is 431 g/mol. The fourth-order valence-electron chi connectivity index (χ4n) is 3.73. The van der Waals surface area contributed by atoms with E-state index < -0.39 is 0 Å². The molecule has 4 rings (SSSR count). The second-order valence-electron chi connectivity index (χ2n) is 8.66. The van der Waals surface area contributed by atoms with Crippen molar-refractivity contribution in [2.75, 3.05) is 36.9 Å².